The lowest BCUT2D eigenvalue weighted by Crippen LogP contribution is -2.48. The van der Waals surface area contributed by atoms with E-state index in [4.69, 9.17) is 16.3 Å². The zero-order chi connectivity index (χ0) is 28.4. The predicted molar refractivity (Wildman–Crippen MR) is 140 cm³/mol. The van der Waals surface area contributed by atoms with Crippen molar-refractivity contribution in [1.82, 2.24) is 9.91 Å². The highest BCUT2D eigenvalue weighted by Crippen LogP contribution is 2.38. The van der Waals surface area contributed by atoms with Gasteiger partial charge in [-0.05, 0) is 50.2 Å². The second-order valence-electron chi connectivity index (χ2n) is 8.90. The summed E-state index contributed by atoms with van der Waals surface area (Å²) in [7, 11) is 3.00. The Bertz CT molecular complexity index is 1270. The Kier molecular flexibility index (Phi) is 8.77. The summed E-state index contributed by atoms with van der Waals surface area (Å²) in [6, 6.07) is 9.00. The fourth-order valence-corrected chi connectivity index (χ4v) is 4.47. The molecule has 0 spiro atoms. The third-order valence-corrected chi connectivity index (χ3v) is 6.60. The molecule has 0 saturated heterocycles. The highest BCUT2D eigenvalue weighted by Gasteiger charge is 2.48. The Morgan fingerprint density at radius 2 is 1.79 bits per heavy atom. The van der Waals surface area contributed by atoms with Gasteiger partial charge in [0, 0.05) is 24.1 Å². The maximum absolute atomic E-state index is 13.4. The fraction of sp³-hybridized carbons (Fsp3) is 0.360. The number of hydrogen-bond donors (Lipinski definition) is 0. The SMILES string of the molecule is CCOC(=O)C1(C)CN(CC(=O)N(C(=O)N(C)C)c2ccc(Br)cc2)N=C1c1ccc(C(F)(F)F)c(Cl)c1. The molecule has 1 unspecified atom stereocenters. The third-order valence-electron chi connectivity index (χ3n) is 5.76. The first-order chi connectivity index (χ1) is 17.7. The van der Waals surface area contributed by atoms with Crippen LogP contribution in [0.2, 0.25) is 5.02 Å². The van der Waals surface area contributed by atoms with Crippen LogP contribution in [0, 0.1) is 5.41 Å². The van der Waals surface area contributed by atoms with Crippen LogP contribution in [-0.4, -0.2) is 67.3 Å². The van der Waals surface area contributed by atoms with Crippen molar-refractivity contribution >= 4 is 56.8 Å². The molecule has 204 valence electrons. The van der Waals surface area contributed by atoms with E-state index in [-0.39, 0.29) is 24.4 Å². The monoisotopic (exact) mass is 616 g/mol. The molecule has 38 heavy (non-hydrogen) atoms. The first-order valence-corrected chi connectivity index (χ1v) is 12.5. The van der Waals surface area contributed by atoms with Gasteiger partial charge in [-0.3, -0.25) is 14.6 Å². The van der Waals surface area contributed by atoms with Crippen LogP contribution in [0.25, 0.3) is 0 Å². The van der Waals surface area contributed by atoms with Gasteiger partial charge in [-0.1, -0.05) is 33.6 Å². The quantitative estimate of drug-likeness (QED) is 0.404. The number of anilines is 1. The summed E-state index contributed by atoms with van der Waals surface area (Å²) in [4.78, 5) is 41.5. The molecule has 0 saturated carbocycles. The van der Waals surface area contributed by atoms with Crippen molar-refractivity contribution in [3.8, 4) is 0 Å². The van der Waals surface area contributed by atoms with Gasteiger partial charge < -0.3 is 9.64 Å². The number of esters is 1. The molecule has 0 bridgehead atoms. The highest BCUT2D eigenvalue weighted by molar-refractivity contribution is 9.10. The van der Waals surface area contributed by atoms with Gasteiger partial charge in [-0.2, -0.15) is 18.3 Å². The number of alkyl halides is 3. The number of ether oxygens (including phenoxy) is 1. The van der Waals surface area contributed by atoms with Crippen LogP contribution in [0.15, 0.2) is 52.0 Å². The van der Waals surface area contributed by atoms with Crippen molar-refractivity contribution in [2.75, 3.05) is 38.7 Å². The molecule has 0 fully saturated rings. The summed E-state index contributed by atoms with van der Waals surface area (Å²) in [6.45, 7) is 2.69. The minimum Gasteiger partial charge on any atom is -0.465 e. The number of carbonyl (C=O) groups excluding carboxylic acids is 3. The van der Waals surface area contributed by atoms with E-state index < -0.39 is 46.6 Å². The Morgan fingerprint density at radius 1 is 1.16 bits per heavy atom. The van der Waals surface area contributed by atoms with Gasteiger partial charge in [0.2, 0.25) is 0 Å². The first kappa shape index (κ1) is 29.4. The van der Waals surface area contributed by atoms with Gasteiger partial charge in [-0.25, -0.2) is 9.69 Å². The molecule has 0 N–H and O–H groups in total. The van der Waals surface area contributed by atoms with Crippen molar-refractivity contribution in [3.05, 3.63) is 63.1 Å². The van der Waals surface area contributed by atoms with E-state index in [1.165, 1.54) is 37.0 Å². The van der Waals surface area contributed by atoms with Crippen LogP contribution < -0.4 is 4.90 Å². The number of imide groups is 1. The van der Waals surface area contributed by atoms with E-state index in [0.717, 1.165) is 21.5 Å². The summed E-state index contributed by atoms with van der Waals surface area (Å²) in [5.74, 6) is -1.30. The van der Waals surface area contributed by atoms with E-state index in [2.05, 4.69) is 21.0 Å². The zero-order valence-corrected chi connectivity index (χ0v) is 23.3. The number of hydrazone groups is 1. The van der Waals surface area contributed by atoms with E-state index in [0.29, 0.717) is 5.69 Å². The van der Waals surface area contributed by atoms with Gasteiger partial charge in [-0.15, -0.1) is 0 Å². The average molecular weight is 618 g/mol. The number of nitrogens with zero attached hydrogens (tertiary/aromatic N) is 4. The number of amides is 3. The first-order valence-electron chi connectivity index (χ1n) is 11.4. The molecule has 1 heterocycles. The van der Waals surface area contributed by atoms with Crippen molar-refractivity contribution < 1.29 is 32.3 Å². The maximum atomic E-state index is 13.4. The third kappa shape index (κ3) is 6.12. The number of halogens is 5. The van der Waals surface area contributed by atoms with Gasteiger partial charge in [0.25, 0.3) is 5.91 Å². The van der Waals surface area contributed by atoms with E-state index in [9.17, 15) is 27.6 Å². The van der Waals surface area contributed by atoms with Crippen LogP contribution in [-0.2, 0) is 20.5 Å². The van der Waals surface area contributed by atoms with Gasteiger partial charge in [0.05, 0.1) is 35.1 Å². The fourth-order valence-electron chi connectivity index (χ4n) is 3.92. The minimum atomic E-state index is -4.66. The van der Waals surface area contributed by atoms with Crippen LogP contribution in [0.1, 0.15) is 25.0 Å². The molecule has 0 radical (unpaired) electrons. The summed E-state index contributed by atoms with van der Waals surface area (Å²) in [5.41, 5.74) is -1.87. The van der Waals surface area contributed by atoms with Crippen LogP contribution in [0.5, 0.6) is 0 Å². The van der Waals surface area contributed by atoms with E-state index >= 15 is 0 Å². The summed E-state index contributed by atoms with van der Waals surface area (Å²) >= 11 is 9.24. The number of urea groups is 1. The van der Waals surface area contributed by atoms with Crippen LogP contribution >= 0.6 is 27.5 Å². The number of benzene rings is 2. The van der Waals surface area contributed by atoms with Crippen molar-refractivity contribution in [1.29, 1.82) is 0 Å². The molecular formula is C25H25BrClF3N4O4. The Labute approximate surface area is 231 Å². The molecular weight excluding hydrogens is 593 g/mol. The van der Waals surface area contributed by atoms with E-state index in [1.807, 2.05) is 0 Å². The number of hydrogen-bond acceptors (Lipinski definition) is 6. The van der Waals surface area contributed by atoms with Crippen molar-refractivity contribution in [3.63, 3.8) is 0 Å². The zero-order valence-electron chi connectivity index (χ0n) is 21.0. The van der Waals surface area contributed by atoms with Crippen molar-refractivity contribution in [2.45, 2.75) is 20.0 Å². The summed E-state index contributed by atoms with van der Waals surface area (Å²) < 4.78 is 45.7. The smallest absolute Gasteiger partial charge is 0.417 e. The molecule has 8 nitrogen and oxygen atoms in total. The molecule has 13 heteroatoms. The van der Waals surface area contributed by atoms with E-state index in [1.54, 1.807) is 31.2 Å². The highest BCUT2D eigenvalue weighted by atomic mass is 79.9. The van der Waals surface area contributed by atoms with Crippen molar-refractivity contribution in [2.24, 2.45) is 10.5 Å². The minimum absolute atomic E-state index is 0.0586. The van der Waals surface area contributed by atoms with Crippen LogP contribution in [0.4, 0.5) is 23.7 Å². The molecule has 1 atom stereocenters. The Morgan fingerprint density at radius 3 is 2.32 bits per heavy atom. The standard InChI is InChI=1S/C25H25BrClF3N4O4/c1-5-38-22(36)24(2)14-33(31-21(24)15-6-11-18(19(27)12-15)25(28,29)30)13-20(35)34(23(37)32(3)4)17-9-7-16(26)8-10-17/h6-12H,5,13-14H2,1-4H3. The number of rotatable bonds is 6. The van der Waals surface area contributed by atoms with Crippen LogP contribution in [0.3, 0.4) is 0 Å². The average Bonchev–Trinajstić information content (AvgIpc) is 3.16. The largest absolute Gasteiger partial charge is 0.465 e. The molecule has 0 aromatic heterocycles. The number of carbonyl (C=O) groups is 3. The summed E-state index contributed by atoms with van der Waals surface area (Å²) in [6.07, 6.45) is -4.66. The molecule has 3 amide bonds. The van der Waals surface area contributed by atoms with Gasteiger partial charge >= 0.3 is 18.2 Å². The maximum Gasteiger partial charge on any atom is 0.417 e. The Balaban J connectivity index is 2.00. The second kappa shape index (κ2) is 11.3. The molecule has 3 rings (SSSR count). The predicted octanol–water partition coefficient (Wildman–Crippen LogP) is 5.43. The summed E-state index contributed by atoms with van der Waals surface area (Å²) in [5, 5.41) is 5.14. The lowest BCUT2D eigenvalue weighted by atomic mass is 9.82. The van der Waals surface area contributed by atoms with Gasteiger partial charge in [0.15, 0.2) is 0 Å². The lowest BCUT2D eigenvalue weighted by Gasteiger charge is -2.27. The lowest BCUT2D eigenvalue weighted by molar-refractivity contribution is -0.150. The van der Waals surface area contributed by atoms with Gasteiger partial charge in [0.1, 0.15) is 12.0 Å². The molecule has 2 aromatic rings. The topological polar surface area (TPSA) is 82.5 Å². The Hall–Kier alpha value is -3.12. The molecule has 0 aliphatic carbocycles. The second-order valence-corrected chi connectivity index (χ2v) is 10.2. The normalized spacial score (nSPS) is 17.2. The molecule has 1 aliphatic heterocycles. The molecule has 1 aliphatic rings. The molecule has 2 aromatic carbocycles.